The van der Waals surface area contributed by atoms with Crippen LogP contribution in [0.25, 0.3) is 0 Å². The average molecular weight is 413 g/mol. The van der Waals surface area contributed by atoms with E-state index in [-0.39, 0.29) is 0 Å². The molecular weight excluding hydrogens is 380 g/mol. The minimum atomic E-state index is 0.310. The smallest absolute Gasteiger partial charge is 0.193 e. The Bertz CT molecular complexity index is 824. The second-order valence-electron chi connectivity index (χ2n) is 8.03. The average Bonchev–Trinajstić information content (AvgIpc) is 3.50. The molecule has 2 aromatic rings. The first-order chi connectivity index (χ1) is 14.8. The topological polar surface area (TPSA) is 87.7 Å². The molecule has 1 aromatic heterocycles. The minimum Gasteiger partial charge on any atom is -0.497 e. The predicted molar refractivity (Wildman–Crippen MR) is 116 cm³/mol. The van der Waals surface area contributed by atoms with Crippen LogP contribution in [0.1, 0.15) is 55.8 Å². The van der Waals surface area contributed by atoms with Gasteiger partial charge in [0.2, 0.25) is 0 Å². The Balaban J connectivity index is 1.37. The van der Waals surface area contributed by atoms with Crippen molar-refractivity contribution in [3.63, 3.8) is 0 Å². The minimum absolute atomic E-state index is 0.310. The third-order valence-corrected chi connectivity index (χ3v) is 6.13. The number of H-pyrrole nitrogens is 1. The summed E-state index contributed by atoms with van der Waals surface area (Å²) in [4.78, 5) is 11.1. The van der Waals surface area contributed by atoms with Crippen LogP contribution in [-0.4, -0.2) is 59.4 Å². The second-order valence-corrected chi connectivity index (χ2v) is 8.03. The van der Waals surface area contributed by atoms with Gasteiger partial charge in [-0.15, -0.1) is 0 Å². The van der Waals surface area contributed by atoms with Crippen molar-refractivity contribution in [3.8, 4) is 11.5 Å². The Morgan fingerprint density at radius 2 is 2.03 bits per heavy atom. The van der Waals surface area contributed by atoms with Gasteiger partial charge in [0.15, 0.2) is 5.96 Å². The van der Waals surface area contributed by atoms with Gasteiger partial charge in [-0.1, -0.05) is 0 Å². The maximum absolute atomic E-state index is 6.33. The summed E-state index contributed by atoms with van der Waals surface area (Å²) >= 11 is 0. The molecule has 8 nitrogen and oxygen atoms in total. The van der Waals surface area contributed by atoms with Gasteiger partial charge in [0.05, 0.1) is 13.2 Å². The van der Waals surface area contributed by atoms with Crippen LogP contribution in [0, 0.1) is 0 Å². The van der Waals surface area contributed by atoms with Gasteiger partial charge >= 0.3 is 0 Å². The van der Waals surface area contributed by atoms with Crippen LogP contribution in [0.4, 0.5) is 0 Å². The maximum Gasteiger partial charge on any atom is 0.193 e. The summed E-state index contributed by atoms with van der Waals surface area (Å²) < 4.78 is 11.7. The van der Waals surface area contributed by atoms with E-state index in [9.17, 15) is 0 Å². The Hall–Kier alpha value is -2.77. The number of aromatic amines is 1. The third-order valence-electron chi connectivity index (χ3n) is 6.13. The quantitative estimate of drug-likeness (QED) is 0.560. The summed E-state index contributed by atoms with van der Waals surface area (Å²) in [6.07, 6.45) is 8.73. The fraction of sp³-hybridized carbons (Fsp3) is 0.591. The molecule has 2 aliphatic rings. The lowest BCUT2D eigenvalue weighted by Crippen LogP contribution is -2.45. The monoisotopic (exact) mass is 412 g/mol. The molecule has 162 valence electrons. The molecule has 30 heavy (non-hydrogen) atoms. The zero-order chi connectivity index (χ0) is 20.8. The number of benzene rings is 1. The normalized spacial score (nSPS) is 18.6. The van der Waals surface area contributed by atoms with Gasteiger partial charge in [-0.25, -0.2) is 4.98 Å². The van der Waals surface area contributed by atoms with Crippen LogP contribution < -0.4 is 14.8 Å². The molecule has 0 radical (unpaired) electrons. The van der Waals surface area contributed by atoms with Crippen LogP contribution in [-0.2, 0) is 6.54 Å². The van der Waals surface area contributed by atoms with E-state index in [2.05, 4.69) is 36.5 Å². The highest BCUT2D eigenvalue weighted by atomic mass is 16.5. The van der Waals surface area contributed by atoms with Gasteiger partial charge in [-0.05, 0) is 50.7 Å². The number of hydrogen-bond donors (Lipinski definition) is 2. The third kappa shape index (κ3) is 4.86. The van der Waals surface area contributed by atoms with Gasteiger partial charge in [0, 0.05) is 44.2 Å². The van der Waals surface area contributed by atoms with Crippen LogP contribution in [0.15, 0.2) is 29.5 Å². The molecule has 1 aliphatic carbocycles. The largest absolute Gasteiger partial charge is 0.497 e. The molecule has 1 aromatic carbocycles. The van der Waals surface area contributed by atoms with Crippen LogP contribution in [0.2, 0.25) is 0 Å². The number of hydrogen-bond acceptors (Lipinski definition) is 5. The van der Waals surface area contributed by atoms with Crippen LogP contribution in [0.3, 0.4) is 0 Å². The molecule has 0 atom stereocenters. The Morgan fingerprint density at radius 1 is 1.23 bits per heavy atom. The van der Waals surface area contributed by atoms with Crippen molar-refractivity contribution >= 4 is 5.96 Å². The van der Waals surface area contributed by atoms with Crippen molar-refractivity contribution in [3.05, 3.63) is 35.9 Å². The number of guanidine groups is 1. The molecule has 1 aliphatic heterocycles. The molecule has 1 saturated heterocycles. The van der Waals surface area contributed by atoms with E-state index in [1.165, 1.54) is 12.8 Å². The van der Waals surface area contributed by atoms with Crippen molar-refractivity contribution in [2.24, 2.45) is 4.99 Å². The van der Waals surface area contributed by atoms with E-state index in [0.717, 1.165) is 67.6 Å². The first kappa shape index (κ1) is 20.5. The number of likely N-dealkylation sites (tertiary alicyclic amines) is 1. The number of nitrogens with zero attached hydrogens (tertiary/aromatic N) is 4. The van der Waals surface area contributed by atoms with Crippen molar-refractivity contribution in [2.45, 2.75) is 57.1 Å². The number of rotatable bonds is 6. The lowest BCUT2D eigenvalue weighted by atomic mass is 9.96. The molecule has 2 fully saturated rings. The number of aromatic nitrogens is 3. The summed E-state index contributed by atoms with van der Waals surface area (Å²) in [6.45, 7) is 2.55. The molecule has 0 unspecified atom stereocenters. The van der Waals surface area contributed by atoms with E-state index < -0.39 is 0 Å². The highest BCUT2D eigenvalue weighted by Gasteiger charge is 2.24. The number of ether oxygens (including phenoxy) is 2. The molecule has 0 spiro atoms. The summed E-state index contributed by atoms with van der Waals surface area (Å²) in [5.74, 6) is 4.09. The number of methoxy groups -OCH3 is 1. The van der Waals surface area contributed by atoms with Crippen molar-refractivity contribution in [1.29, 1.82) is 0 Å². The predicted octanol–water partition coefficient (Wildman–Crippen LogP) is 3.09. The molecule has 0 bridgehead atoms. The first-order valence-corrected chi connectivity index (χ1v) is 10.9. The zero-order valence-electron chi connectivity index (χ0n) is 17.9. The van der Waals surface area contributed by atoms with Crippen molar-refractivity contribution < 1.29 is 9.47 Å². The molecule has 8 heteroatoms. The summed E-state index contributed by atoms with van der Waals surface area (Å²) in [5.41, 5.74) is 1.13. The van der Waals surface area contributed by atoms with E-state index in [1.54, 1.807) is 13.4 Å². The molecule has 1 saturated carbocycles. The number of nitrogens with one attached hydrogen (secondary N) is 2. The standard InChI is InChI=1S/C22H32N6O2/c1-23-22(28-11-9-16(10-12-28)21-25-15-26-27-21)24-14-17-7-8-19(29-2)13-20(17)30-18-5-3-4-6-18/h7-8,13,15-16,18H,3-6,9-12,14H2,1-2H3,(H,23,24)(H,25,26,27). The van der Waals surface area contributed by atoms with Gasteiger partial charge < -0.3 is 19.7 Å². The van der Waals surface area contributed by atoms with E-state index in [4.69, 9.17) is 9.47 Å². The lowest BCUT2D eigenvalue weighted by Gasteiger charge is -2.33. The summed E-state index contributed by atoms with van der Waals surface area (Å²) in [7, 11) is 3.53. The number of aliphatic imine (C=N–C) groups is 1. The zero-order valence-corrected chi connectivity index (χ0v) is 17.9. The second kappa shape index (κ2) is 9.82. The molecular formula is C22H32N6O2. The lowest BCUT2D eigenvalue weighted by molar-refractivity contribution is 0.207. The number of piperidine rings is 1. The van der Waals surface area contributed by atoms with Gasteiger partial charge in [0.1, 0.15) is 23.7 Å². The summed E-state index contributed by atoms with van der Waals surface area (Å²) in [6, 6.07) is 6.07. The van der Waals surface area contributed by atoms with Crippen LogP contribution in [0.5, 0.6) is 11.5 Å². The van der Waals surface area contributed by atoms with Crippen molar-refractivity contribution in [1.82, 2.24) is 25.4 Å². The fourth-order valence-electron chi connectivity index (χ4n) is 4.39. The van der Waals surface area contributed by atoms with Gasteiger partial charge in [-0.2, -0.15) is 5.10 Å². The SMILES string of the molecule is CN=C(NCc1ccc(OC)cc1OC1CCCC1)N1CCC(c2ncn[nH]2)CC1. The highest BCUT2D eigenvalue weighted by molar-refractivity contribution is 5.80. The summed E-state index contributed by atoms with van der Waals surface area (Å²) in [5, 5.41) is 10.5. The van der Waals surface area contributed by atoms with Gasteiger partial charge in [0.25, 0.3) is 0 Å². The Morgan fingerprint density at radius 3 is 2.70 bits per heavy atom. The van der Waals surface area contributed by atoms with Gasteiger partial charge in [-0.3, -0.25) is 10.1 Å². The first-order valence-electron chi connectivity index (χ1n) is 10.9. The van der Waals surface area contributed by atoms with Crippen LogP contribution >= 0.6 is 0 Å². The Labute approximate surface area is 178 Å². The fourth-order valence-corrected chi connectivity index (χ4v) is 4.39. The molecule has 2 heterocycles. The van der Waals surface area contributed by atoms with E-state index in [0.29, 0.717) is 18.6 Å². The van der Waals surface area contributed by atoms with E-state index in [1.807, 2.05) is 19.2 Å². The molecule has 2 N–H and O–H groups in total. The Kier molecular flexibility index (Phi) is 6.71. The highest BCUT2D eigenvalue weighted by Crippen LogP contribution is 2.30. The van der Waals surface area contributed by atoms with E-state index >= 15 is 0 Å². The van der Waals surface area contributed by atoms with Crippen molar-refractivity contribution in [2.75, 3.05) is 27.2 Å². The maximum atomic E-state index is 6.33. The molecule has 0 amide bonds. The molecule has 4 rings (SSSR count).